The van der Waals surface area contributed by atoms with Crippen molar-refractivity contribution in [3.63, 3.8) is 0 Å². The second kappa shape index (κ2) is 23.9. The maximum absolute atomic E-state index is 12.7. The van der Waals surface area contributed by atoms with Crippen LogP contribution < -0.4 is 16.4 Å². The highest BCUT2D eigenvalue weighted by atomic mass is 35.5. The van der Waals surface area contributed by atoms with Crippen LogP contribution in [0.25, 0.3) is 0 Å². The highest BCUT2D eigenvalue weighted by Gasteiger charge is 2.29. The fourth-order valence-electron chi connectivity index (χ4n) is 3.76. The van der Waals surface area contributed by atoms with Crippen LogP contribution >= 0.6 is 11.6 Å². The van der Waals surface area contributed by atoms with Crippen molar-refractivity contribution in [2.45, 2.75) is 64.1 Å². The van der Waals surface area contributed by atoms with Gasteiger partial charge in [0.15, 0.2) is 6.10 Å². The summed E-state index contributed by atoms with van der Waals surface area (Å²) >= 11 is 5.65. The van der Waals surface area contributed by atoms with Crippen molar-refractivity contribution in [1.29, 1.82) is 0 Å². The van der Waals surface area contributed by atoms with Crippen molar-refractivity contribution in [3.8, 4) is 0 Å². The number of aliphatic hydroxyl groups is 1. The molecule has 0 bridgehead atoms. The quantitative estimate of drug-likeness (QED) is 0.101. The van der Waals surface area contributed by atoms with Gasteiger partial charge in [-0.15, -0.1) is 11.6 Å². The minimum absolute atomic E-state index is 0.150. The number of ether oxygens (including phenoxy) is 4. The van der Waals surface area contributed by atoms with Crippen LogP contribution in [0.2, 0.25) is 0 Å². The Morgan fingerprint density at radius 2 is 1.38 bits per heavy atom. The molecule has 0 saturated heterocycles. The van der Waals surface area contributed by atoms with Gasteiger partial charge < -0.3 is 40.4 Å². The molecule has 230 valence electrons. The van der Waals surface area contributed by atoms with Crippen LogP contribution in [0.15, 0.2) is 30.3 Å². The van der Waals surface area contributed by atoms with E-state index in [1.54, 1.807) is 24.3 Å². The molecule has 0 aromatic heterocycles. The number of nitrogens with two attached hydrogens (primary N) is 1. The normalized spacial score (nSPS) is 13.7. The summed E-state index contributed by atoms with van der Waals surface area (Å²) in [5, 5.41) is 15.8. The summed E-state index contributed by atoms with van der Waals surface area (Å²) in [4.78, 5) is 25.3. The van der Waals surface area contributed by atoms with Crippen molar-refractivity contribution in [2.75, 3.05) is 65.3 Å². The van der Waals surface area contributed by atoms with E-state index in [1.807, 2.05) is 19.9 Å². The van der Waals surface area contributed by atoms with E-state index in [-0.39, 0.29) is 18.4 Å². The van der Waals surface area contributed by atoms with Crippen LogP contribution in [0.3, 0.4) is 0 Å². The van der Waals surface area contributed by atoms with Crippen molar-refractivity contribution in [2.24, 2.45) is 11.7 Å². The smallest absolute Gasteiger partial charge is 0.251 e. The van der Waals surface area contributed by atoms with Crippen molar-refractivity contribution in [1.82, 2.24) is 10.6 Å². The Hall–Kier alpha value is -1.79. The molecular formula is C29H50ClN3O7. The lowest BCUT2D eigenvalue weighted by atomic mass is 10.00. The Labute approximate surface area is 244 Å². The zero-order valence-electron chi connectivity index (χ0n) is 24.2. The Bertz CT molecular complexity index is 773. The first-order chi connectivity index (χ1) is 19.4. The van der Waals surface area contributed by atoms with Crippen LogP contribution in [-0.2, 0) is 28.5 Å². The summed E-state index contributed by atoms with van der Waals surface area (Å²) in [5.41, 5.74) is 6.68. The van der Waals surface area contributed by atoms with Gasteiger partial charge in [-0.25, -0.2) is 0 Å². The third kappa shape index (κ3) is 17.8. The van der Waals surface area contributed by atoms with Crippen molar-refractivity contribution >= 4 is 23.4 Å². The van der Waals surface area contributed by atoms with E-state index in [4.69, 9.17) is 36.3 Å². The van der Waals surface area contributed by atoms with Crippen molar-refractivity contribution < 1.29 is 33.6 Å². The SMILES string of the molecule is CC(C)C[C@H](NC(=O)[C@@H](O)[C@H](N)c1ccccc1)C(=O)NCCOCCOCCOCCOCCCCCCCl. The van der Waals surface area contributed by atoms with Crippen LogP contribution in [0.4, 0.5) is 0 Å². The van der Waals surface area contributed by atoms with Crippen LogP contribution in [-0.4, -0.2) is 94.3 Å². The van der Waals surface area contributed by atoms with Gasteiger partial charge in [-0.1, -0.05) is 57.0 Å². The number of unbranched alkanes of at least 4 members (excludes halogenated alkanes) is 3. The molecule has 3 atom stereocenters. The average Bonchev–Trinajstić information content (AvgIpc) is 2.95. The second-order valence-corrected chi connectivity index (χ2v) is 10.3. The van der Waals surface area contributed by atoms with E-state index >= 15 is 0 Å². The van der Waals surface area contributed by atoms with Crippen LogP contribution in [0, 0.1) is 5.92 Å². The molecule has 0 heterocycles. The summed E-state index contributed by atoms with van der Waals surface area (Å²) in [6, 6.07) is 7.18. The van der Waals surface area contributed by atoms with Gasteiger partial charge in [-0.2, -0.15) is 0 Å². The number of aliphatic hydroxyl groups excluding tert-OH is 1. The van der Waals surface area contributed by atoms with E-state index in [2.05, 4.69) is 10.6 Å². The number of nitrogens with one attached hydrogen (secondary N) is 2. The largest absolute Gasteiger partial charge is 0.381 e. The Balaban J connectivity index is 2.12. The van der Waals surface area contributed by atoms with E-state index < -0.39 is 24.1 Å². The number of benzene rings is 1. The third-order valence-corrected chi connectivity index (χ3v) is 6.23. The van der Waals surface area contributed by atoms with Crippen molar-refractivity contribution in [3.05, 3.63) is 35.9 Å². The first-order valence-corrected chi connectivity index (χ1v) is 14.8. The minimum Gasteiger partial charge on any atom is -0.381 e. The molecule has 10 nitrogen and oxygen atoms in total. The maximum atomic E-state index is 12.7. The minimum atomic E-state index is -1.48. The molecule has 11 heteroatoms. The van der Waals surface area contributed by atoms with E-state index in [0.717, 1.165) is 38.2 Å². The third-order valence-electron chi connectivity index (χ3n) is 5.97. The van der Waals surface area contributed by atoms with Crippen LogP contribution in [0.5, 0.6) is 0 Å². The summed E-state index contributed by atoms with van der Waals surface area (Å²) in [5.74, 6) is -0.148. The Kier molecular flexibility index (Phi) is 21.6. The van der Waals surface area contributed by atoms with E-state index in [9.17, 15) is 14.7 Å². The molecule has 0 aliphatic carbocycles. The van der Waals surface area contributed by atoms with E-state index in [0.29, 0.717) is 58.2 Å². The molecule has 0 spiro atoms. The number of hydrogen-bond acceptors (Lipinski definition) is 8. The van der Waals surface area contributed by atoms with Gasteiger partial charge in [0, 0.05) is 19.0 Å². The molecule has 5 N–H and O–H groups in total. The predicted molar refractivity (Wildman–Crippen MR) is 156 cm³/mol. The Morgan fingerprint density at radius 3 is 1.95 bits per heavy atom. The molecule has 1 aromatic carbocycles. The average molecular weight is 588 g/mol. The molecule has 0 saturated carbocycles. The zero-order chi connectivity index (χ0) is 29.4. The monoisotopic (exact) mass is 587 g/mol. The van der Waals surface area contributed by atoms with Gasteiger partial charge in [0.1, 0.15) is 6.04 Å². The van der Waals surface area contributed by atoms with Gasteiger partial charge in [0.2, 0.25) is 5.91 Å². The number of rotatable bonds is 25. The molecule has 0 radical (unpaired) electrons. The predicted octanol–water partition coefficient (Wildman–Crippen LogP) is 2.56. The van der Waals surface area contributed by atoms with Gasteiger partial charge in [-0.05, 0) is 30.7 Å². The lowest BCUT2D eigenvalue weighted by Gasteiger charge is -2.24. The first-order valence-electron chi connectivity index (χ1n) is 14.3. The van der Waals surface area contributed by atoms with Gasteiger partial charge >= 0.3 is 0 Å². The highest BCUT2D eigenvalue weighted by molar-refractivity contribution is 6.17. The van der Waals surface area contributed by atoms with Gasteiger partial charge in [0.25, 0.3) is 5.91 Å². The molecular weight excluding hydrogens is 538 g/mol. The molecule has 1 aromatic rings. The first kappa shape index (κ1) is 36.2. The number of carbonyl (C=O) groups excluding carboxylic acids is 2. The second-order valence-electron chi connectivity index (χ2n) is 9.92. The summed E-state index contributed by atoms with van der Waals surface area (Å²) in [7, 11) is 0. The molecule has 2 amide bonds. The summed E-state index contributed by atoms with van der Waals surface area (Å²) in [6.45, 7) is 8.12. The fraction of sp³-hybridized carbons (Fsp3) is 0.724. The number of amides is 2. The maximum Gasteiger partial charge on any atom is 0.251 e. The molecule has 1 rings (SSSR count). The van der Waals surface area contributed by atoms with Crippen LogP contribution in [0.1, 0.15) is 57.6 Å². The number of alkyl halides is 1. The lowest BCUT2D eigenvalue weighted by molar-refractivity contribution is -0.135. The topological polar surface area (TPSA) is 141 Å². The lowest BCUT2D eigenvalue weighted by Crippen LogP contribution is -2.52. The number of halogens is 1. The standard InChI is InChI=1S/C29H50ClN3O7/c1-23(2)22-25(33-29(36)27(34)26(31)24-10-6-5-7-11-24)28(35)32-13-15-38-17-19-40-21-20-39-18-16-37-14-9-4-3-8-12-30/h5-7,10-11,23,25-27,34H,3-4,8-9,12-22,31H2,1-2H3,(H,32,35)(H,33,36)/t25-,26+,27-/m0/s1. The molecule has 0 aliphatic rings. The fourth-order valence-corrected chi connectivity index (χ4v) is 3.95. The van der Waals surface area contributed by atoms with Gasteiger partial charge in [0.05, 0.1) is 52.3 Å². The summed E-state index contributed by atoms with van der Waals surface area (Å²) in [6.07, 6.45) is 3.34. The number of carbonyl (C=O) groups is 2. The molecule has 0 aliphatic heterocycles. The zero-order valence-corrected chi connectivity index (χ0v) is 24.9. The van der Waals surface area contributed by atoms with E-state index in [1.165, 1.54) is 0 Å². The molecule has 40 heavy (non-hydrogen) atoms. The Morgan fingerprint density at radius 1 is 0.825 bits per heavy atom. The van der Waals surface area contributed by atoms with Gasteiger partial charge in [-0.3, -0.25) is 9.59 Å². The summed E-state index contributed by atoms with van der Waals surface area (Å²) < 4.78 is 22.0. The highest BCUT2D eigenvalue weighted by Crippen LogP contribution is 2.15. The molecule has 0 unspecified atom stereocenters. The molecule has 0 fully saturated rings. The number of hydrogen-bond donors (Lipinski definition) is 4.